The van der Waals surface area contributed by atoms with Crippen molar-refractivity contribution < 1.29 is 29.3 Å². The number of carboxylic acid groups (broad SMARTS) is 1. The van der Waals surface area contributed by atoms with E-state index >= 15 is 0 Å². The van der Waals surface area contributed by atoms with Crippen LogP contribution in [0.25, 0.3) is 0 Å². The molecule has 0 aliphatic carbocycles. The van der Waals surface area contributed by atoms with Gasteiger partial charge in [0.05, 0.1) is 11.6 Å². The minimum Gasteiger partial charge on any atom is -0.481 e. The summed E-state index contributed by atoms with van der Waals surface area (Å²) in [4.78, 5) is 21.7. The van der Waals surface area contributed by atoms with Crippen molar-refractivity contribution in [2.75, 3.05) is 19.9 Å². The van der Waals surface area contributed by atoms with Gasteiger partial charge in [0.15, 0.2) is 11.5 Å². The van der Waals surface area contributed by atoms with E-state index in [1.54, 1.807) is 0 Å². The predicted molar refractivity (Wildman–Crippen MR) is 114 cm³/mol. The van der Waals surface area contributed by atoms with E-state index in [9.17, 15) is 9.90 Å². The molecule has 4 N–H and O–H groups in total. The third-order valence-corrected chi connectivity index (χ3v) is 5.33. The van der Waals surface area contributed by atoms with Crippen molar-refractivity contribution in [3.05, 3.63) is 59.7 Å². The number of carbonyl (C=O) groups is 2. The maximum Gasteiger partial charge on any atom is 0.300 e. The highest BCUT2D eigenvalue weighted by Crippen LogP contribution is 2.33. The lowest BCUT2D eigenvalue weighted by molar-refractivity contribution is -0.134. The molecule has 0 spiro atoms. The van der Waals surface area contributed by atoms with Gasteiger partial charge in [-0.25, -0.2) is 0 Å². The van der Waals surface area contributed by atoms with Gasteiger partial charge in [0.25, 0.3) is 5.97 Å². The monoisotopic (exact) mass is 428 g/mol. The number of nitrogens with one attached hydrogen (secondary N) is 2. The second-order valence-electron chi connectivity index (χ2n) is 7.56. The normalized spacial score (nSPS) is 21.5. The van der Waals surface area contributed by atoms with Crippen molar-refractivity contribution in [3.8, 4) is 11.5 Å². The molecule has 2 aromatic carbocycles. The SMILES string of the molecule is CC(=O)O.O=C(CCc1ccc2c(c1)OCO2)N[C@@]1(c2ccccc2)CCNC[C@H]1O. The van der Waals surface area contributed by atoms with E-state index in [2.05, 4.69) is 10.6 Å². The van der Waals surface area contributed by atoms with Gasteiger partial charge in [-0.3, -0.25) is 9.59 Å². The first kappa shape index (κ1) is 22.6. The van der Waals surface area contributed by atoms with Gasteiger partial charge < -0.3 is 30.3 Å². The molecular formula is C23H28N2O6. The van der Waals surface area contributed by atoms with Gasteiger partial charge in [0.1, 0.15) is 0 Å². The minimum absolute atomic E-state index is 0.0718. The Labute approximate surface area is 181 Å². The summed E-state index contributed by atoms with van der Waals surface area (Å²) in [6.07, 6.45) is 0.910. The van der Waals surface area contributed by atoms with Crippen LogP contribution < -0.4 is 20.1 Å². The Morgan fingerprint density at radius 1 is 1.16 bits per heavy atom. The Morgan fingerprint density at radius 2 is 1.87 bits per heavy atom. The number of amides is 1. The topological polar surface area (TPSA) is 117 Å². The van der Waals surface area contributed by atoms with Gasteiger partial charge >= 0.3 is 0 Å². The lowest BCUT2D eigenvalue weighted by atomic mass is 9.79. The van der Waals surface area contributed by atoms with E-state index in [1.807, 2.05) is 48.5 Å². The summed E-state index contributed by atoms with van der Waals surface area (Å²) in [5.74, 6) is 0.559. The molecule has 0 unspecified atom stereocenters. The highest BCUT2D eigenvalue weighted by atomic mass is 16.7. The molecule has 1 saturated heterocycles. The van der Waals surface area contributed by atoms with Crippen LogP contribution in [0.3, 0.4) is 0 Å². The van der Waals surface area contributed by atoms with Crippen molar-refractivity contribution in [1.29, 1.82) is 0 Å². The van der Waals surface area contributed by atoms with Gasteiger partial charge in [-0.15, -0.1) is 0 Å². The number of aliphatic hydroxyl groups is 1. The average Bonchev–Trinajstić information content (AvgIpc) is 3.22. The Kier molecular flexibility index (Phi) is 7.49. The minimum atomic E-state index is -0.833. The molecule has 4 rings (SSSR count). The van der Waals surface area contributed by atoms with E-state index in [1.165, 1.54) is 0 Å². The van der Waals surface area contributed by atoms with Crippen LogP contribution in [0.15, 0.2) is 48.5 Å². The van der Waals surface area contributed by atoms with Gasteiger partial charge in [0, 0.05) is 19.9 Å². The van der Waals surface area contributed by atoms with Crippen molar-refractivity contribution in [2.45, 2.75) is 37.8 Å². The Bertz CT molecular complexity index is 900. The van der Waals surface area contributed by atoms with Gasteiger partial charge in [-0.1, -0.05) is 36.4 Å². The lowest BCUT2D eigenvalue weighted by Gasteiger charge is -2.43. The molecule has 2 atom stereocenters. The maximum absolute atomic E-state index is 12.7. The molecule has 2 heterocycles. The van der Waals surface area contributed by atoms with Crippen molar-refractivity contribution >= 4 is 11.9 Å². The third kappa shape index (κ3) is 5.74. The molecule has 2 aromatic rings. The number of hydrogen-bond donors (Lipinski definition) is 4. The molecule has 166 valence electrons. The molecule has 1 amide bonds. The summed E-state index contributed by atoms with van der Waals surface area (Å²) in [6.45, 7) is 2.52. The Hall–Kier alpha value is -3.10. The number of carboxylic acids is 1. The van der Waals surface area contributed by atoms with Crippen LogP contribution in [-0.4, -0.2) is 48.1 Å². The zero-order valence-corrected chi connectivity index (χ0v) is 17.5. The number of aliphatic hydroxyl groups excluding tert-OH is 1. The number of benzene rings is 2. The standard InChI is InChI=1S/C21H24N2O4.C2H4O2/c24-19-13-22-11-10-21(19,16-4-2-1-3-5-16)23-20(25)9-7-15-6-8-17-18(12-15)27-14-26-17;1-2(3)4/h1-6,8,12,19,22,24H,7,9-11,13-14H2,(H,23,25);1H3,(H,3,4)/t19-,21-;/m1./s1. The number of fused-ring (bicyclic) bond motifs is 1. The van der Waals surface area contributed by atoms with Crippen LogP contribution in [0, 0.1) is 0 Å². The molecule has 0 aromatic heterocycles. The first-order chi connectivity index (χ1) is 14.9. The molecule has 2 aliphatic heterocycles. The van der Waals surface area contributed by atoms with E-state index < -0.39 is 17.6 Å². The Balaban J connectivity index is 0.000000628. The molecule has 31 heavy (non-hydrogen) atoms. The smallest absolute Gasteiger partial charge is 0.300 e. The highest BCUT2D eigenvalue weighted by molar-refractivity contribution is 5.77. The van der Waals surface area contributed by atoms with Gasteiger partial charge in [-0.2, -0.15) is 0 Å². The summed E-state index contributed by atoms with van der Waals surface area (Å²) in [5, 5.41) is 24.4. The fourth-order valence-corrected chi connectivity index (χ4v) is 3.82. The Morgan fingerprint density at radius 3 is 2.58 bits per heavy atom. The van der Waals surface area contributed by atoms with Crippen LogP contribution in [0.1, 0.15) is 30.9 Å². The van der Waals surface area contributed by atoms with Crippen LogP contribution in [0.5, 0.6) is 11.5 Å². The second-order valence-corrected chi connectivity index (χ2v) is 7.56. The molecule has 8 heteroatoms. The fourth-order valence-electron chi connectivity index (χ4n) is 3.82. The summed E-state index contributed by atoms with van der Waals surface area (Å²) >= 11 is 0. The van der Waals surface area contributed by atoms with Crippen LogP contribution >= 0.6 is 0 Å². The first-order valence-corrected chi connectivity index (χ1v) is 10.2. The quantitative estimate of drug-likeness (QED) is 0.574. The number of carbonyl (C=O) groups excluding carboxylic acids is 1. The summed E-state index contributed by atoms with van der Waals surface area (Å²) < 4.78 is 10.7. The largest absolute Gasteiger partial charge is 0.481 e. The molecular weight excluding hydrogens is 400 g/mol. The molecule has 0 saturated carbocycles. The van der Waals surface area contributed by atoms with E-state index in [0.29, 0.717) is 25.8 Å². The molecule has 1 fully saturated rings. The van der Waals surface area contributed by atoms with Crippen LogP contribution in [-0.2, 0) is 21.5 Å². The van der Waals surface area contributed by atoms with Crippen LogP contribution in [0.2, 0.25) is 0 Å². The van der Waals surface area contributed by atoms with Crippen molar-refractivity contribution in [1.82, 2.24) is 10.6 Å². The zero-order chi connectivity index (χ0) is 22.3. The number of rotatable bonds is 5. The molecule has 2 aliphatic rings. The van der Waals surface area contributed by atoms with Crippen molar-refractivity contribution in [2.24, 2.45) is 0 Å². The number of ether oxygens (including phenoxy) is 2. The second kappa shape index (κ2) is 10.3. The average molecular weight is 428 g/mol. The third-order valence-electron chi connectivity index (χ3n) is 5.33. The zero-order valence-electron chi connectivity index (χ0n) is 17.5. The number of aliphatic carboxylic acids is 1. The van der Waals surface area contributed by atoms with Gasteiger partial charge in [0.2, 0.25) is 12.7 Å². The number of hydrogen-bond acceptors (Lipinski definition) is 6. The predicted octanol–water partition coefficient (Wildman–Crippen LogP) is 1.80. The fraction of sp³-hybridized carbons (Fsp3) is 0.391. The number of piperidine rings is 1. The van der Waals surface area contributed by atoms with E-state index in [-0.39, 0.29) is 12.7 Å². The van der Waals surface area contributed by atoms with E-state index in [4.69, 9.17) is 19.4 Å². The highest BCUT2D eigenvalue weighted by Gasteiger charge is 2.42. The first-order valence-electron chi connectivity index (χ1n) is 10.2. The maximum atomic E-state index is 12.7. The van der Waals surface area contributed by atoms with Gasteiger partial charge in [-0.05, 0) is 42.6 Å². The molecule has 0 bridgehead atoms. The molecule has 8 nitrogen and oxygen atoms in total. The summed E-state index contributed by atoms with van der Waals surface area (Å²) in [7, 11) is 0. The van der Waals surface area contributed by atoms with Crippen LogP contribution in [0.4, 0.5) is 0 Å². The lowest BCUT2D eigenvalue weighted by Crippen LogP contribution is -2.61. The summed E-state index contributed by atoms with van der Waals surface area (Å²) in [5.41, 5.74) is 1.21. The molecule has 0 radical (unpaired) electrons. The summed E-state index contributed by atoms with van der Waals surface area (Å²) in [6, 6.07) is 15.5. The van der Waals surface area contributed by atoms with Crippen molar-refractivity contribution in [3.63, 3.8) is 0 Å². The number of β-amino-alcohol motifs (C(OH)–C–C–N with tert-alkyl or cyclic N) is 1. The van der Waals surface area contributed by atoms with E-state index in [0.717, 1.165) is 36.1 Å². The number of aryl methyl sites for hydroxylation is 1.